The first-order valence-electron chi connectivity index (χ1n) is 5.69. The lowest BCUT2D eigenvalue weighted by atomic mass is 10.1. The molecule has 0 aliphatic heterocycles. The fraction of sp³-hybridized carbons (Fsp3) is 0.385. The second kappa shape index (κ2) is 6.14. The minimum atomic E-state index is -0.905. The SMILES string of the molecule is Cc1ccc(F)cc1C(=O)N[C@H](C)CCC(=O)O. The lowest BCUT2D eigenvalue weighted by Gasteiger charge is -2.14. The molecular formula is C13H16FNO3. The minimum absolute atomic E-state index is 0.0103. The Labute approximate surface area is 105 Å². The van der Waals surface area contributed by atoms with E-state index in [1.807, 2.05) is 0 Å². The number of aliphatic carboxylic acids is 1. The predicted octanol–water partition coefficient (Wildman–Crippen LogP) is 2.12. The molecular weight excluding hydrogens is 237 g/mol. The van der Waals surface area contributed by atoms with Gasteiger partial charge in [-0.15, -0.1) is 0 Å². The zero-order chi connectivity index (χ0) is 13.7. The van der Waals surface area contributed by atoms with Crippen LogP contribution in [-0.4, -0.2) is 23.0 Å². The molecule has 0 aliphatic rings. The van der Waals surface area contributed by atoms with Crippen molar-refractivity contribution in [3.63, 3.8) is 0 Å². The average molecular weight is 253 g/mol. The number of amides is 1. The lowest BCUT2D eigenvalue weighted by molar-refractivity contribution is -0.137. The number of hydrogen-bond acceptors (Lipinski definition) is 2. The van der Waals surface area contributed by atoms with Crippen LogP contribution in [-0.2, 0) is 4.79 Å². The van der Waals surface area contributed by atoms with Crippen molar-refractivity contribution in [2.75, 3.05) is 0 Å². The third kappa shape index (κ3) is 4.16. The van der Waals surface area contributed by atoms with Gasteiger partial charge in [-0.3, -0.25) is 9.59 Å². The molecule has 1 atom stereocenters. The van der Waals surface area contributed by atoms with Crippen molar-refractivity contribution in [3.8, 4) is 0 Å². The van der Waals surface area contributed by atoms with Gasteiger partial charge in [-0.25, -0.2) is 4.39 Å². The minimum Gasteiger partial charge on any atom is -0.481 e. The van der Waals surface area contributed by atoms with E-state index < -0.39 is 11.8 Å². The zero-order valence-electron chi connectivity index (χ0n) is 10.4. The smallest absolute Gasteiger partial charge is 0.303 e. The van der Waals surface area contributed by atoms with Crippen LogP contribution in [0.3, 0.4) is 0 Å². The van der Waals surface area contributed by atoms with Gasteiger partial charge < -0.3 is 10.4 Å². The van der Waals surface area contributed by atoms with Crippen LogP contribution in [0.15, 0.2) is 18.2 Å². The van der Waals surface area contributed by atoms with Crippen molar-refractivity contribution >= 4 is 11.9 Å². The Bertz CT molecular complexity index is 460. The van der Waals surface area contributed by atoms with Gasteiger partial charge in [0.15, 0.2) is 0 Å². The summed E-state index contributed by atoms with van der Waals surface area (Å²) < 4.78 is 13.0. The number of halogens is 1. The molecule has 0 bridgehead atoms. The maximum Gasteiger partial charge on any atom is 0.303 e. The summed E-state index contributed by atoms with van der Waals surface area (Å²) in [6, 6.07) is 3.73. The van der Waals surface area contributed by atoms with Gasteiger partial charge in [0.1, 0.15) is 5.82 Å². The summed E-state index contributed by atoms with van der Waals surface area (Å²) in [5, 5.41) is 11.2. The maximum absolute atomic E-state index is 13.0. The Morgan fingerprint density at radius 3 is 2.72 bits per heavy atom. The van der Waals surface area contributed by atoms with E-state index in [0.29, 0.717) is 12.0 Å². The van der Waals surface area contributed by atoms with Crippen molar-refractivity contribution in [2.24, 2.45) is 0 Å². The summed E-state index contributed by atoms with van der Waals surface area (Å²) in [4.78, 5) is 22.2. The molecule has 0 aliphatic carbocycles. The van der Waals surface area contributed by atoms with Crippen LogP contribution >= 0.6 is 0 Å². The molecule has 0 fully saturated rings. The van der Waals surface area contributed by atoms with Gasteiger partial charge >= 0.3 is 5.97 Å². The van der Waals surface area contributed by atoms with E-state index in [0.717, 1.165) is 0 Å². The number of aryl methyl sites for hydroxylation is 1. The summed E-state index contributed by atoms with van der Waals surface area (Å²) in [6.07, 6.45) is 0.332. The molecule has 1 aromatic rings. The first kappa shape index (κ1) is 14.2. The number of carbonyl (C=O) groups is 2. The van der Waals surface area contributed by atoms with Gasteiger partial charge in [0, 0.05) is 18.0 Å². The van der Waals surface area contributed by atoms with Crippen molar-refractivity contribution in [1.29, 1.82) is 0 Å². The van der Waals surface area contributed by atoms with Crippen LogP contribution in [0, 0.1) is 12.7 Å². The number of carboxylic acids is 1. The number of hydrogen-bond donors (Lipinski definition) is 2. The summed E-state index contributed by atoms with van der Waals surface area (Å²) >= 11 is 0. The third-order valence-corrected chi connectivity index (χ3v) is 2.61. The lowest BCUT2D eigenvalue weighted by Crippen LogP contribution is -2.33. The summed E-state index contributed by atoms with van der Waals surface area (Å²) in [5.41, 5.74) is 0.955. The number of rotatable bonds is 5. The molecule has 0 saturated carbocycles. The van der Waals surface area contributed by atoms with Crippen LogP contribution < -0.4 is 5.32 Å². The van der Waals surface area contributed by atoms with Crippen LogP contribution in [0.5, 0.6) is 0 Å². The molecule has 5 heteroatoms. The molecule has 0 unspecified atom stereocenters. The third-order valence-electron chi connectivity index (χ3n) is 2.61. The highest BCUT2D eigenvalue weighted by atomic mass is 19.1. The van der Waals surface area contributed by atoms with Gasteiger partial charge in [0.25, 0.3) is 5.91 Å². The molecule has 0 heterocycles. The van der Waals surface area contributed by atoms with E-state index in [4.69, 9.17) is 5.11 Å². The largest absolute Gasteiger partial charge is 0.481 e. The van der Waals surface area contributed by atoms with E-state index in [9.17, 15) is 14.0 Å². The normalized spacial score (nSPS) is 11.9. The van der Waals surface area contributed by atoms with Crippen LogP contribution in [0.1, 0.15) is 35.7 Å². The summed E-state index contributed by atoms with van der Waals surface area (Å²) in [5.74, 6) is -1.76. The number of carboxylic acid groups (broad SMARTS) is 1. The second-order valence-corrected chi connectivity index (χ2v) is 4.27. The van der Waals surface area contributed by atoms with E-state index in [-0.39, 0.29) is 23.9 Å². The highest BCUT2D eigenvalue weighted by Crippen LogP contribution is 2.10. The number of carbonyl (C=O) groups excluding carboxylic acids is 1. The second-order valence-electron chi connectivity index (χ2n) is 4.27. The van der Waals surface area contributed by atoms with Crippen molar-refractivity contribution in [1.82, 2.24) is 5.32 Å². The molecule has 4 nitrogen and oxygen atoms in total. The number of benzene rings is 1. The zero-order valence-corrected chi connectivity index (χ0v) is 10.4. The van der Waals surface area contributed by atoms with E-state index in [2.05, 4.69) is 5.32 Å². The van der Waals surface area contributed by atoms with E-state index in [1.54, 1.807) is 13.8 Å². The quantitative estimate of drug-likeness (QED) is 0.844. The van der Waals surface area contributed by atoms with Gasteiger partial charge in [-0.1, -0.05) is 6.07 Å². The molecule has 0 aromatic heterocycles. The standard InChI is InChI=1S/C13H16FNO3/c1-8-3-5-10(14)7-11(8)13(18)15-9(2)4-6-12(16)17/h3,5,7,9H,4,6H2,1-2H3,(H,15,18)(H,16,17)/t9-/m1/s1. The Morgan fingerprint density at radius 1 is 1.44 bits per heavy atom. The van der Waals surface area contributed by atoms with Crippen molar-refractivity contribution in [3.05, 3.63) is 35.1 Å². The first-order chi connectivity index (χ1) is 8.40. The van der Waals surface area contributed by atoms with Crippen LogP contribution in [0.2, 0.25) is 0 Å². The fourth-order valence-electron chi connectivity index (χ4n) is 1.55. The number of nitrogens with one attached hydrogen (secondary N) is 1. The van der Waals surface area contributed by atoms with Crippen molar-refractivity contribution in [2.45, 2.75) is 32.7 Å². The van der Waals surface area contributed by atoms with E-state index in [1.165, 1.54) is 18.2 Å². The summed E-state index contributed by atoms with van der Waals surface area (Å²) in [7, 11) is 0. The van der Waals surface area contributed by atoms with Crippen LogP contribution in [0.25, 0.3) is 0 Å². The van der Waals surface area contributed by atoms with Gasteiger partial charge in [0.2, 0.25) is 0 Å². The van der Waals surface area contributed by atoms with Gasteiger partial charge in [-0.2, -0.15) is 0 Å². The predicted molar refractivity (Wildman–Crippen MR) is 64.9 cm³/mol. The van der Waals surface area contributed by atoms with E-state index >= 15 is 0 Å². The first-order valence-corrected chi connectivity index (χ1v) is 5.69. The molecule has 1 aromatic carbocycles. The van der Waals surface area contributed by atoms with Crippen molar-refractivity contribution < 1.29 is 19.1 Å². The Hall–Kier alpha value is -1.91. The van der Waals surface area contributed by atoms with Gasteiger partial charge in [0.05, 0.1) is 0 Å². The Balaban J connectivity index is 2.64. The molecule has 18 heavy (non-hydrogen) atoms. The average Bonchev–Trinajstić information content (AvgIpc) is 2.29. The van der Waals surface area contributed by atoms with Gasteiger partial charge in [-0.05, 0) is 38.0 Å². The Kier molecular flexibility index (Phi) is 4.83. The molecule has 2 N–H and O–H groups in total. The highest BCUT2D eigenvalue weighted by Gasteiger charge is 2.13. The molecule has 0 spiro atoms. The fourth-order valence-corrected chi connectivity index (χ4v) is 1.55. The molecule has 0 saturated heterocycles. The van der Waals surface area contributed by atoms with Crippen LogP contribution in [0.4, 0.5) is 4.39 Å². The molecule has 1 amide bonds. The molecule has 0 radical (unpaired) electrons. The molecule has 98 valence electrons. The molecule has 1 rings (SSSR count). The Morgan fingerprint density at radius 2 is 2.11 bits per heavy atom. The maximum atomic E-state index is 13.0. The topological polar surface area (TPSA) is 66.4 Å². The summed E-state index contributed by atoms with van der Waals surface area (Å²) in [6.45, 7) is 3.44. The monoisotopic (exact) mass is 253 g/mol. The highest BCUT2D eigenvalue weighted by molar-refractivity contribution is 5.95.